The summed E-state index contributed by atoms with van der Waals surface area (Å²) >= 11 is 6.34. The molecular weight excluding hydrogens is 522 g/mol. The lowest BCUT2D eigenvalue weighted by Gasteiger charge is -2.17. The number of ether oxygens (including phenoxy) is 1. The summed E-state index contributed by atoms with van der Waals surface area (Å²) in [5.41, 5.74) is 2.37. The Labute approximate surface area is 208 Å². The summed E-state index contributed by atoms with van der Waals surface area (Å²) in [5, 5.41) is 11.1. The van der Waals surface area contributed by atoms with Gasteiger partial charge in [-0.15, -0.1) is 0 Å². The van der Waals surface area contributed by atoms with Crippen LogP contribution in [0.4, 0.5) is 17.1 Å². The first-order valence-electron chi connectivity index (χ1n) is 9.94. The van der Waals surface area contributed by atoms with E-state index in [1.54, 1.807) is 48.0 Å². The molecule has 0 unspecified atom stereocenters. The molecule has 0 radical (unpaired) electrons. The van der Waals surface area contributed by atoms with E-state index in [1.807, 2.05) is 54.4 Å². The number of halogens is 1. The van der Waals surface area contributed by atoms with Crippen LogP contribution in [0, 0.1) is 0 Å². The van der Waals surface area contributed by atoms with Crippen LogP contribution in [0.2, 0.25) is 0 Å². The van der Waals surface area contributed by atoms with Crippen LogP contribution in [-0.2, 0) is 4.79 Å². The molecule has 166 valence electrons. The molecule has 0 spiro atoms. The molecule has 33 heavy (non-hydrogen) atoms. The van der Waals surface area contributed by atoms with Crippen LogP contribution in [0.15, 0.2) is 91.0 Å². The maximum absolute atomic E-state index is 13.7. The van der Waals surface area contributed by atoms with Crippen molar-refractivity contribution in [2.75, 3.05) is 24.0 Å². The number of hydrogen-bond acceptors (Lipinski definition) is 7. The Morgan fingerprint density at radius 3 is 2.42 bits per heavy atom. The normalized spacial score (nSPS) is 18.9. The van der Waals surface area contributed by atoms with Crippen molar-refractivity contribution in [3.05, 3.63) is 81.1 Å². The lowest BCUT2D eigenvalue weighted by Crippen LogP contribution is -2.29. The second kappa shape index (κ2) is 8.81. The van der Waals surface area contributed by atoms with Gasteiger partial charge in [-0.3, -0.25) is 9.69 Å². The van der Waals surface area contributed by atoms with Crippen molar-refractivity contribution in [2.45, 2.75) is 4.90 Å². The van der Waals surface area contributed by atoms with Crippen LogP contribution in [-0.4, -0.2) is 30.3 Å². The molecule has 3 aromatic rings. The van der Waals surface area contributed by atoms with Crippen molar-refractivity contribution in [2.24, 2.45) is 4.99 Å². The molecule has 3 aromatic carbocycles. The van der Waals surface area contributed by atoms with E-state index in [1.165, 1.54) is 11.8 Å². The molecule has 2 heterocycles. The van der Waals surface area contributed by atoms with E-state index in [9.17, 15) is 9.90 Å². The van der Waals surface area contributed by atoms with Crippen LogP contribution in [0.3, 0.4) is 0 Å². The zero-order chi connectivity index (χ0) is 23.1. The number of benzene rings is 3. The fourth-order valence-electron chi connectivity index (χ4n) is 3.49. The predicted molar refractivity (Wildman–Crippen MR) is 139 cm³/mol. The summed E-state index contributed by atoms with van der Waals surface area (Å²) in [5.74, 6) is 0.746. The third kappa shape index (κ3) is 4.12. The average Bonchev–Trinajstić information content (AvgIpc) is 3.31. The molecule has 0 aromatic heterocycles. The highest BCUT2D eigenvalue weighted by Gasteiger charge is 2.40. The molecule has 1 amide bonds. The fourth-order valence-corrected chi connectivity index (χ4v) is 6.08. The molecule has 0 aliphatic carbocycles. The Morgan fingerprint density at radius 2 is 1.73 bits per heavy atom. The number of carbonyl (C=O) groups is 1. The number of anilines is 2. The van der Waals surface area contributed by atoms with Gasteiger partial charge in [-0.25, -0.2) is 4.99 Å². The minimum Gasteiger partial charge on any atom is -0.508 e. The van der Waals surface area contributed by atoms with Crippen molar-refractivity contribution in [1.29, 1.82) is 0 Å². The number of nitrogens with zero attached hydrogens (tertiary/aromatic N) is 3. The minimum atomic E-state index is -0.157. The summed E-state index contributed by atoms with van der Waals surface area (Å²) in [4.78, 5) is 23.7. The highest BCUT2D eigenvalue weighted by molar-refractivity contribution is 9.10. The smallest absolute Gasteiger partial charge is 0.274 e. The van der Waals surface area contributed by atoms with E-state index in [0.29, 0.717) is 15.8 Å². The molecule has 0 saturated carbocycles. The van der Waals surface area contributed by atoms with Gasteiger partial charge in [-0.05, 0) is 72.4 Å². The molecule has 0 atom stereocenters. The van der Waals surface area contributed by atoms with E-state index < -0.39 is 0 Å². The first-order chi connectivity index (χ1) is 15.9. The quantitative estimate of drug-likeness (QED) is 0.391. The summed E-state index contributed by atoms with van der Waals surface area (Å²) < 4.78 is 6.33. The molecular formula is C24H18BrN3O3S2. The van der Waals surface area contributed by atoms with Gasteiger partial charge in [0.2, 0.25) is 0 Å². The standard InChI is InChI=1S/C24H18BrN3O3S2/c1-27-19-13-18(31-2)11-12-20(19)32-23(27)21-22(30)28(16-7-9-17(29)10-8-16)24(33-21)26-15-5-3-14(25)4-6-15/h3-13,29H,1-2H3. The predicted octanol–water partition coefficient (Wildman–Crippen LogP) is 6.34. The molecule has 2 aliphatic rings. The van der Waals surface area contributed by atoms with Crippen LogP contribution in [0.5, 0.6) is 11.5 Å². The van der Waals surface area contributed by atoms with Crippen molar-refractivity contribution in [3.63, 3.8) is 0 Å². The van der Waals surface area contributed by atoms with Crippen LogP contribution >= 0.6 is 39.5 Å². The van der Waals surface area contributed by atoms with Crippen LogP contribution in [0.25, 0.3) is 0 Å². The Morgan fingerprint density at radius 1 is 1.00 bits per heavy atom. The highest BCUT2D eigenvalue weighted by atomic mass is 79.9. The number of aromatic hydroxyl groups is 1. The number of aliphatic imine (C=N–C) groups is 1. The Bertz CT molecular complexity index is 1310. The number of thioether (sulfide) groups is 2. The number of phenolic OH excluding ortho intramolecular Hbond substituents is 1. The van der Waals surface area contributed by atoms with Crippen molar-refractivity contribution >= 4 is 67.6 Å². The lowest BCUT2D eigenvalue weighted by molar-refractivity contribution is -0.113. The first kappa shape index (κ1) is 21.9. The summed E-state index contributed by atoms with van der Waals surface area (Å²) in [6, 6.07) is 20.0. The van der Waals surface area contributed by atoms with Crippen molar-refractivity contribution in [1.82, 2.24) is 0 Å². The third-order valence-corrected chi connectivity index (χ3v) is 8.10. The van der Waals surface area contributed by atoms with Gasteiger partial charge in [-0.1, -0.05) is 27.7 Å². The van der Waals surface area contributed by atoms with Gasteiger partial charge in [0, 0.05) is 22.5 Å². The van der Waals surface area contributed by atoms with Crippen molar-refractivity contribution in [3.8, 4) is 11.5 Å². The molecule has 1 fully saturated rings. The highest BCUT2D eigenvalue weighted by Crippen LogP contribution is 2.51. The van der Waals surface area contributed by atoms with E-state index >= 15 is 0 Å². The number of hydrogen-bond donors (Lipinski definition) is 1. The van der Waals surface area contributed by atoms with Crippen LogP contribution < -0.4 is 14.5 Å². The van der Waals surface area contributed by atoms with Gasteiger partial charge < -0.3 is 14.7 Å². The number of carbonyl (C=O) groups excluding carboxylic acids is 1. The number of phenols is 1. The maximum Gasteiger partial charge on any atom is 0.274 e. The van der Waals surface area contributed by atoms with Gasteiger partial charge >= 0.3 is 0 Å². The Kier molecular flexibility index (Phi) is 5.86. The van der Waals surface area contributed by atoms with Gasteiger partial charge in [0.25, 0.3) is 5.91 Å². The van der Waals surface area contributed by atoms with E-state index in [-0.39, 0.29) is 11.7 Å². The Hall–Kier alpha value is -2.88. The molecule has 1 saturated heterocycles. The van der Waals surface area contributed by atoms with Gasteiger partial charge in [-0.2, -0.15) is 0 Å². The molecule has 5 rings (SSSR count). The maximum atomic E-state index is 13.7. The third-order valence-electron chi connectivity index (χ3n) is 5.17. The largest absolute Gasteiger partial charge is 0.508 e. The SMILES string of the molecule is COc1ccc2c(c1)N(C)C(=C1SC(=Nc3ccc(Br)cc3)N(c3ccc(O)cc3)C1=O)S2. The second-order valence-corrected chi connectivity index (χ2v) is 10.2. The minimum absolute atomic E-state index is 0.138. The number of rotatable bonds is 3. The zero-order valence-corrected chi connectivity index (χ0v) is 20.9. The summed E-state index contributed by atoms with van der Waals surface area (Å²) in [7, 11) is 3.59. The lowest BCUT2D eigenvalue weighted by atomic mass is 10.2. The first-order valence-corrected chi connectivity index (χ1v) is 12.4. The van der Waals surface area contributed by atoms with Gasteiger partial charge in [0.05, 0.1) is 29.2 Å². The Balaban J connectivity index is 1.59. The zero-order valence-electron chi connectivity index (χ0n) is 17.7. The molecule has 6 nitrogen and oxygen atoms in total. The number of methoxy groups -OCH3 is 1. The number of amidine groups is 1. The molecule has 2 aliphatic heterocycles. The van der Waals surface area contributed by atoms with Gasteiger partial charge in [0.1, 0.15) is 16.4 Å². The summed E-state index contributed by atoms with van der Waals surface area (Å²) in [6.45, 7) is 0. The van der Waals surface area contributed by atoms with Crippen LogP contribution in [0.1, 0.15) is 0 Å². The van der Waals surface area contributed by atoms with Gasteiger partial charge in [0.15, 0.2) is 5.17 Å². The number of amides is 1. The topological polar surface area (TPSA) is 65.4 Å². The molecule has 1 N–H and O–H groups in total. The molecule has 9 heteroatoms. The van der Waals surface area contributed by atoms with Crippen molar-refractivity contribution < 1.29 is 14.6 Å². The number of fused-ring (bicyclic) bond motifs is 1. The van der Waals surface area contributed by atoms with E-state index in [2.05, 4.69) is 15.9 Å². The fraction of sp³-hybridized carbons (Fsp3) is 0.0833. The van der Waals surface area contributed by atoms with E-state index in [0.717, 1.165) is 31.5 Å². The summed E-state index contributed by atoms with van der Waals surface area (Å²) in [6.07, 6.45) is 0. The monoisotopic (exact) mass is 539 g/mol. The second-order valence-electron chi connectivity index (χ2n) is 7.26. The van der Waals surface area contributed by atoms with E-state index in [4.69, 9.17) is 9.73 Å². The average molecular weight is 540 g/mol. The molecule has 0 bridgehead atoms.